The van der Waals surface area contributed by atoms with Gasteiger partial charge in [-0.3, -0.25) is 9.59 Å². The van der Waals surface area contributed by atoms with Gasteiger partial charge in [-0.1, -0.05) is 36.2 Å². The van der Waals surface area contributed by atoms with E-state index in [-0.39, 0.29) is 41.2 Å². The Hall–Kier alpha value is -1.99. The van der Waals surface area contributed by atoms with Crippen LogP contribution in [-0.2, 0) is 14.3 Å². The van der Waals surface area contributed by atoms with E-state index in [0.29, 0.717) is 61.6 Å². The number of ether oxygens (including phenoxy) is 1. The van der Waals surface area contributed by atoms with Crippen molar-refractivity contribution in [1.82, 2.24) is 14.7 Å². The van der Waals surface area contributed by atoms with E-state index in [9.17, 15) is 14.4 Å². The van der Waals surface area contributed by atoms with Gasteiger partial charge >= 0.3 is 6.09 Å². The molecule has 0 bridgehead atoms. The van der Waals surface area contributed by atoms with E-state index in [1.807, 2.05) is 28.9 Å². The van der Waals surface area contributed by atoms with Crippen LogP contribution in [0.5, 0.6) is 0 Å². The number of piperidine rings is 1. The van der Waals surface area contributed by atoms with Crippen LogP contribution in [0.15, 0.2) is 18.2 Å². The number of carbonyl (C=O) groups is 3. The molecule has 0 radical (unpaired) electrons. The fourth-order valence-corrected chi connectivity index (χ4v) is 5.82. The lowest BCUT2D eigenvalue weighted by Gasteiger charge is -2.34. The molecule has 2 aliphatic heterocycles. The summed E-state index contributed by atoms with van der Waals surface area (Å²) in [7, 11) is 1.75. The lowest BCUT2D eigenvalue weighted by Crippen LogP contribution is -2.46. The first-order valence-corrected chi connectivity index (χ1v) is 13.8. The minimum Gasteiger partial charge on any atom is -0.449 e. The van der Waals surface area contributed by atoms with Crippen molar-refractivity contribution in [3.63, 3.8) is 0 Å². The second-order valence-corrected chi connectivity index (χ2v) is 12.2. The first-order chi connectivity index (χ1) is 17.2. The van der Waals surface area contributed by atoms with Crippen LogP contribution < -0.4 is 0 Å². The molecule has 196 valence electrons. The molecule has 1 unspecified atom stereocenters. The van der Waals surface area contributed by atoms with E-state index in [0.717, 1.165) is 31.2 Å². The summed E-state index contributed by atoms with van der Waals surface area (Å²) in [4.78, 5) is 44.6. The molecule has 7 nitrogen and oxygen atoms in total. The van der Waals surface area contributed by atoms with Crippen molar-refractivity contribution < 1.29 is 19.1 Å². The Bertz CT molecular complexity index is 1030. The standard InChI is InChI=1S/C27H35Cl2N3O4/c1-27(9-10-27)25(34)31-11-7-18(8-12-31)24(33)32-14-20(19-5-6-21(28)22(29)13-19)23(15-32)30(2)26(35)36-16-17-3-4-17/h5-6,13,17-18,20,23H,3-4,7-12,14-16H2,1-2H3/t20-,23?/m1/s1. The van der Waals surface area contributed by atoms with Gasteiger partial charge in [0.15, 0.2) is 0 Å². The molecule has 1 aromatic rings. The van der Waals surface area contributed by atoms with Gasteiger partial charge in [0.2, 0.25) is 11.8 Å². The van der Waals surface area contributed by atoms with Gasteiger partial charge in [0.25, 0.3) is 0 Å². The van der Waals surface area contributed by atoms with Gasteiger partial charge in [-0.15, -0.1) is 0 Å². The predicted octanol–water partition coefficient (Wildman–Crippen LogP) is 4.80. The van der Waals surface area contributed by atoms with Crippen molar-refractivity contribution in [2.24, 2.45) is 17.3 Å². The van der Waals surface area contributed by atoms with Crippen LogP contribution in [0, 0.1) is 17.3 Å². The largest absolute Gasteiger partial charge is 0.449 e. The number of halogens is 2. The van der Waals surface area contributed by atoms with Crippen LogP contribution in [0.25, 0.3) is 0 Å². The third-order valence-corrected chi connectivity index (χ3v) is 9.28. The highest BCUT2D eigenvalue weighted by molar-refractivity contribution is 6.42. The molecular weight excluding hydrogens is 501 g/mol. The zero-order valence-corrected chi connectivity index (χ0v) is 22.6. The number of carbonyl (C=O) groups excluding carboxylic acids is 3. The van der Waals surface area contributed by atoms with Crippen LogP contribution in [0.2, 0.25) is 10.0 Å². The molecule has 0 spiro atoms. The summed E-state index contributed by atoms with van der Waals surface area (Å²) < 4.78 is 5.54. The fourth-order valence-electron chi connectivity index (χ4n) is 5.51. The Labute approximate surface area is 223 Å². The Morgan fingerprint density at radius 3 is 2.33 bits per heavy atom. The lowest BCUT2D eigenvalue weighted by atomic mass is 9.93. The molecular formula is C27H35Cl2N3O4. The van der Waals surface area contributed by atoms with E-state index in [1.165, 1.54) is 0 Å². The number of hydrogen-bond acceptors (Lipinski definition) is 4. The monoisotopic (exact) mass is 535 g/mol. The minimum atomic E-state index is -0.355. The smallest absolute Gasteiger partial charge is 0.409 e. The maximum atomic E-state index is 13.6. The van der Waals surface area contributed by atoms with Gasteiger partial charge in [0.1, 0.15) is 0 Å². The molecule has 4 aliphatic rings. The van der Waals surface area contributed by atoms with E-state index >= 15 is 0 Å². The number of nitrogens with zero attached hydrogens (tertiary/aromatic N) is 3. The second kappa shape index (κ2) is 10.1. The van der Waals surface area contributed by atoms with Crippen molar-refractivity contribution >= 4 is 41.1 Å². The summed E-state index contributed by atoms with van der Waals surface area (Å²) in [5.74, 6) is 0.614. The highest BCUT2D eigenvalue weighted by Crippen LogP contribution is 2.47. The average Bonchev–Trinajstić information content (AvgIpc) is 3.81. The van der Waals surface area contributed by atoms with Crippen molar-refractivity contribution in [1.29, 1.82) is 0 Å². The SMILES string of the molecule is CN(C(=O)OCC1CC1)C1CN(C(=O)C2CCN(C(=O)C3(C)CC3)CC2)C[C@@H]1c1ccc(Cl)c(Cl)c1. The summed E-state index contributed by atoms with van der Waals surface area (Å²) in [6, 6.07) is 5.29. The second-order valence-electron chi connectivity index (χ2n) is 11.3. The maximum Gasteiger partial charge on any atom is 0.409 e. The topological polar surface area (TPSA) is 70.2 Å². The van der Waals surface area contributed by atoms with Crippen molar-refractivity contribution in [2.75, 3.05) is 39.8 Å². The van der Waals surface area contributed by atoms with E-state index in [1.54, 1.807) is 18.0 Å². The Morgan fingerprint density at radius 1 is 1.03 bits per heavy atom. The average molecular weight is 537 g/mol. The molecule has 2 atom stereocenters. The molecule has 36 heavy (non-hydrogen) atoms. The van der Waals surface area contributed by atoms with Crippen molar-refractivity contribution in [2.45, 2.75) is 57.4 Å². The van der Waals surface area contributed by atoms with Crippen LogP contribution in [0.1, 0.15) is 56.9 Å². The first-order valence-electron chi connectivity index (χ1n) is 13.1. The molecule has 4 fully saturated rings. The number of benzene rings is 1. The first kappa shape index (κ1) is 25.7. The highest BCUT2D eigenvalue weighted by Gasteiger charge is 2.48. The van der Waals surface area contributed by atoms with E-state index in [2.05, 4.69) is 0 Å². The normalized spacial score (nSPS) is 25.6. The molecule has 0 N–H and O–H groups in total. The molecule has 2 aliphatic carbocycles. The number of likely N-dealkylation sites (tertiary alicyclic amines) is 2. The number of likely N-dealkylation sites (N-methyl/N-ethyl adjacent to an activating group) is 1. The number of hydrogen-bond donors (Lipinski definition) is 0. The summed E-state index contributed by atoms with van der Waals surface area (Å²) >= 11 is 12.5. The van der Waals surface area contributed by atoms with Gasteiger partial charge in [0.05, 0.1) is 22.7 Å². The summed E-state index contributed by atoms with van der Waals surface area (Å²) in [5, 5.41) is 0.930. The fraction of sp³-hybridized carbons (Fsp3) is 0.667. The van der Waals surface area contributed by atoms with Gasteiger partial charge in [0, 0.05) is 50.5 Å². The quantitative estimate of drug-likeness (QED) is 0.524. The highest BCUT2D eigenvalue weighted by atomic mass is 35.5. The number of rotatable bonds is 6. The third-order valence-electron chi connectivity index (χ3n) is 8.55. The Kier molecular flexibility index (Phi) is 7.16. The van der Waals surface area contributed by atoms with E-state index in [4.69, 9.17) is 27.9 Å². The molecule has 2 saturated carbocycles. The van der Waals surface area contributed by atoms with Gasteiger partial charge < -0.3 is 19.4 Å². The molecule has 9 heteroatoms. The van der Waals surface area contributed by atoms with Crippen molar-refractivity contribution in [3.8, 4) is 0 Å². The molecule has 5 rings (SSSR count). The zero-order chi connectivity index (χ0) is 25.6. The molecule has 2 saturated heterocycles. The predicted molar refractivity (Wildman–Crippen MR) is 138 cm³/mol. The number of amides is 3. The van der Waals surface area contributed by atoms with Gasteiger partial charge in [-0.05, 0) is 62.1 Å². The molecule has 1 aromatic carbocycles. The van der Waals surface area contributed by atoms with Gasteiger partial charge in [-0.25, -0.2) is 4.79 Å². The van der Waals surface area contributed by atoms with Crippen LogP contribution in [-0.4, -0.2) is 78.5 Å². The molecule has 0 aromatic heterocycles. The minimum absolute atomic E-state index is 0.0984. The van der Waals surface area contributed by atoms with E-state index < -0.39 is 0 Å². The Balaban J connectivity index is 1.27. The zero-order valence-electron chi connectivity index (χ0n) is 21.1. The summed E-state index contributed by atoms with van der Waals surface area (Å²) in [6.45, 7) is 4.69. The Morgan fingerprint density at radius 2 is 1.72 bits per heavy atom. The summed E-state index contributed by atoms with van der Waals surface area (Å²) in [6.07, 6.45) is 5.15. The molecule has 2 heterocycles. The lowest BCUT2D eigenvalue weighted by molar-refractivity contribution is -0.142. The third kappa shape index (κ3) is 5.33. The van der Waals surface area contributed by atoms with Crippen LogP contribution >= 0.6 is 23.2 Å². The van der Waals surface area contributed by atoms with Crippen LogP contribution in [0.4, 0.5) is 4.79 Å². The van der Waals surface area contributed by atoms with Crippen molar-refractivity contribution in [3.05, 3.63) is 33.8 Å². The molecule has 3 amide bonds. The van der Waals surface area contributed by atoms with Crippen LogP contribution in [0.3, 0.4) is 0 Å². The maximum absolute atomic E-state index is 13.6. The summed E-state index contributed by atoms with van der Waals surface area (Å²) in [5.41, 5.74) is 0.773. The van der Waals surface area contributed by atoms with Gasteiger partial charge in [-0.2, -0.15) is 0 Å².